The normalized spacial score (nSPS) is 12.3. The van der Waals surface area contributed by atoms with E-state index in [0.717, 1.165) is 22.2 Å². The number of rotatable bonds is 9. The van der Waals surface area contributed by atoms with Crippen LogP contribution in [-0.4, -0.2) is 60.5 Å². The summed E-state index contributed by atoms with van der Waals surface area (Å²) in [6.07, 6.45) is 3.51. The molecule has 1 aliphatic rings. The van der Waals surface area contributed by atoms with Gasteiger partial charge in [-0.3, -0.25) is 10.1 Å². The van der Waals surface area contributed by atoms with E-state index < -0.39 is 4.92 Å². The number of halogens is 1. The maximum Gasteiger partial charge on any atom is 0.294 e. The molecule has 11 nitrogen and oxygen atoms in total. The largest absolute Gasteiger partial charge is 0.494 e. The number of nitrogens with zero attached hydrogens (tertiary/aromatic N) is 5. The number of anilines is 3. The highest BCUT2D eigenvalue weighted by atomic mass is 35.5. The van der Waals surface area contributed by atoms with Crippen LogP contribution in [0.4, 0.5) is 23.0 Å². The van der Waals surface area contributed by atoms with Crippen molar-refractivity contribution in [1.82, 2.24) is 14.5 Å². The van der Waals surface area contributed by atoms with Crippen molar-refractivity contribution in [2.24, 2.45) is 0 Å². The van der Waals surface area contributed by atoms with Crippen molar-refractivity contribution in [3.05, 3.63) is 57.9 Å². The molecule has 0 bridgehead atoms. The first-order chi connectivity index (χ1) is 17.9. The maximum absolute atomic E-state index is 11.9. The Morgan fingerprint density at radius 2 is 2.16 bits per heavy atom. The molecule has 5 rings (SSSR count). The molecule has 0 atom stereocenters. The lowest BCUT2D eigenvalue weighted by molar-refractivity contribution is -0.384. The zero-order valence-corrected chi connectivity index (χ0v) is 21.3. The lowest BCUT2D eigenvalue weighted by Crippen LogP contribution is -2.23. The molecule has 4 aromatic rings. The van der Waals surface area contributed by atoms with Crippen molar-refractivity contribution in [3.63, 3.8) is 0 Å². The molecule has 37 heavy (non-hydrogen) atoms. The molecule has 0 spiro atoms. The van der Waals surface area contributed by atoms with Crippen LogP contribution in [-0.2, 0) is 11.3 Å². The number of likely N-dealkylation sites (N-methyl/N-ethyl adjacent to an activating group) is 1. The van der Waals surface area contributed by atoms with Gasteiger partial charge in [0.15, 0.2) is 0 Å². The number of para-hydroxylation sites is 1. The number of nitro benzene ring substituents is 1. The van der Waals surface area contributed by atoms with Crippen LogP contribution < -0.4 is 19.7 Å². The monoisotopic (exact) mass is 524 g/mol. The Balaban J connectivity index is 1.54. The van der Waals surface area contributed by atoms with E-state index in [0.29, 0.717) is 54.1 Å². The quantitative estimate of drug-likeness (QED) is 0.241. The second kappa shape index (κ2) is 10.1. The second-order valence-corrected chi connectivity index (χ2v) is 8.87. The smallest absolute Gasteiger partial charge is 0.294 e. The minimum absolute atomic E-state index is 0.0925. The Hall–Kier alpha value is -4.09. The average molecular weight is 525 g/mol. The summed E-state index contributed by atoms with van der Waals surface area (Å²) in [6, 6.07) is 8.88. The van der Waals surface area contributed by atoms with Crippen molar-refractivity contribution in [2.45, 2.75) is 6.54 Å². The molecule has 192 valence electrons. The van der Waals surface area contributed by atoms with Gasteiger partial charge in [-0.15, -0.1) is 0 Å². The zero-order valence-electron chi connectivity index (χ0n) is 20.5. The van der Waals surface area contributed by atoms with Gasteiger partial charge in [-0.05, 0) is 6.07 Å². The Bertz CT molecular complexity index is 1490. The fraction of sp³-hybridized carbons (Fsp3) is 0.280. The number of methoxy groups -OCH3 is 2. The van der Waals surface area contributed by atoms with Crippen LogP contribution in [0, 0.1) is 10.1 Å². The van der Waals surface area contributed by atoms with Gasteiger partial charge in [0.25, 0.3) is 5.69 Å². The molecular formula is C25H25ClN6O5. The average Bonchev–Trinajstić information content (AvgIpc) is 3.28. The molecule has 0 saturated heterocycles. The topological polar surface area (TPSA) is 117 Å². The number of aromatic nitrogens is 3. The zero-order chi connectivity index (χ0) is 26.1. The number of benzene rings is 2. The number of nitro groups is 1. The molecule has 0 aliphatic carbocycles. The molecule has 3 heterocycles. The first-order valence-corrected chi connectivity index (χ1v) is 11.9. The van der Waals surface area contributed by atoms with Gasteiger partial charge in [0, 0.05) is 50.0 Å². The van der Waals surface area contributed by atoms with Crippen LogP contribution in [0.5, 0.6) is 11.5 Å². The summed E-state index contributed by atoms with van der Waals surface area (Å²) in [6.45, 7) is 2.19. The molecular weight excluding hydrogens is 500 g/mol. The summed E-state index contributed by atoms with van der Waals surface area (Å²) in [4.78, 5) is 22.2. The van der Waals surface area contributed by atoms with Gasteiger partial charge in [-0.2, -0.15) is 0 Å². The van der Waals surface area contributed by atoms with Gasteiger partial charge in [-0.25, -0.2) is 9.97 Å². The summed E-state index contributed by atoms with van der Waals surface area (Å²) in [5.74, 6) is 1.43. The summed E-state index contributed by atoms with van der Waals surface area (Å²) < 4.78 is 18.6. The predicted octanol–water partition coefficient (Wildman–Crippen LogP) is 4.89. The lowest BCUT2D eigenvalue weighted by Gasteiger charge is -2.20. The third kappa shape index (κ3) is 4.58. The molecule has 2 aromatic carbocycles. The third-order valence-electron chi connectivity index (χ3n) is 6.23. The second-order valence-electron chi connectivity index (χ2n) is 8.46. The Labute approximate surface area is 217 Å². The highest BCUT2D eigenvalue weighted by Gasteiger charge is 2.24. The number of ether oxygens (including phenoxy) is 3. The van der Waals surface area contributed by atoms with Crippen LogP contribution >= 0.6 is 11.6 Å². The van der Waals surface area contributed by atoms with Gasteiger partial charge in [0.1, 0.15) is 23.8 Å². The van der Waals surface area contributed by atoms with E-state index >= 15 is 0 Å². The van der Waals surface area contributed by atoms with E-state index in [1.54, 1.807) is 25.1 Å². The first kappa shape index (κ1) is 24.6. The van der Waals surface area contributed by atoms with Crippen LogP contribution in [0.15, 0.2) is 42.7 Å². The van der Waals surface area contributed by atoms with Gasteiger partial charge >= 0.3 is 0 Å². The van der Waals surface area contributed by atoms with E-state index in [1.807, 2.05) is 24.4 Å². The van der Waals surface area contributed by atoms with Crippen molar-refractivity contribution < 1.29 is 19.1 Å². The molecule has 2 aromatic heterocycles. The van der Waals surface area contributed by atoms with Gasteiger partial charge in [0.05, 0.1) is 53.3 Å². The SMILES string of the molecule is COCCN(C)c1cc(OC)c(Nc2ncc(Cl)c(-c3cn4c5c(cccc35)OCC4)n2)cc1[N+](=O)[O-]. The number of hydrogen-bond acceptors (Lipinski definition) is 9. The molecule has 1 N–H and O–H groups in total. The minimum atomic E-state index is -0.437. The molecule has 0 amide bonds. The highest BCUT2D eigenvalue weighted by Crippen LogP contribution is 2.41. The molecule has 1 aliphatic heterocycles. The first-order valence-electron chi connectivity index (χ1n) is 11.5. The van der Waals surface area contributed by atoms with Crippen LogP contribution in [0.25, 0.3) is 22.2 Å². The fourth-order valence-corrected chi connectivity index (χ4v) is 4.62. The Kier molecular flexibility index (Phi) is 6.72. The van der Waals surface area contributed by atoms with Crippen LogP contribution in [0.3, 0.4) is 0 Å². The van der Waals surface area contributed by atoms with E-state index in [1.165, 1.54) is 19.4 Å². The minimum Gasteiger partial charge on any atom is -0.494 e. The summed E-state index contributed by atoms with van der Waals surface area (Å²) in [7, 11) is 4.83. The summed E-state index contributed by atoms with van der Waals surface area (Å²) in [5.41, 5.74) is 3.02. The van der Waals surface area contributed by atoms with E-state index in [9.17, 15) is 10.1 Å². The summed E-state index contributed by atoms with van der Waals surface area (Å²) in [5, 5.41) is 16.3. The van der Waals surface area contributed by atoms with Crippen molar-refractivity contribution in [2.75, 3.05) is 51.2 Å². The fourth-order valence-electron chi connectivity index (χ4n) is 4.42. The van der Waals surface area contributed by atoms with Gasteiger partial charge < -0.3 is 29.0 Å². The molecule has 12 heteroatoms. The Morgan fingerprint density at radius 1 is 1.32 bits per heavy atom. The van der Waals surface area contributed by atoms with Crippen LogP contribution in [0.1, 0.15) is 0 Å². The predicted molar refractivity (Wildman–Crippen MR) is 142 cm³/mol. The highest BCUT2D eigenvalue weighted by molar-refractivity contribution is 6.33. The third-order valence-corrected chi connectivity index (χ3v) is 6.51. The number of hydrogen-bond donors (Lipinski definition) is 1. The van der Waals surface area contributed by atoms with E-state index in [-0.39, 0.29) is 11.6 Å². The van der Waals surface area contributed by atoms with Crippen molar-refractivity contribution in [3.8, 4) is 22.8 Å². The standard InChI is InChI=1S/C25H25ClN6O5/c1-30(7-9-35-2)19-12-22(36-3)18(11-20(19)32(33)34)28-25-27-13-17(26)23(29-25)16-14-31-8-10-37-21-6-4-5-15(16)24(21)31/h4-6,11-14H,7-10H2,1-3H3,(H,27,28,29). The molecule has 0 radical (unpaired) electrons. The summed E-state index contributed by atoms with van der Waals surface area (Å²) >= 11 is 6.54. The number of nitrogens with one attached hydrogen (secondary N) is 1. The van der Waals surface area contributed by atoms with Crippen molar-refractivity contribution >= 4 is 45.5 Å². The Morgan fingerprint density at radius 3 is 2.92 bits per heavy atom. The van der Waals surface area contributed by atoms with Gasteiger partial charge in [0.2, 0.25) is 5.95 Å². The van der Waals surface area contributed by atoms with Crippen LogP contribution in [0.2, 0.25) is 5.02 Å². The molecule has 0 saturated carbocycles. The maximum atomic E-state index is 11.9. The lowest BCUT2D eigenvalue weighted by atomic mass is 10.1. The van der Waals surface area contributed by atoms with E-state index in [4.69, 9.17) is 25.8 Å². The molecule has 0 fully saturated rings. The van der Waals surface area contributed by atoms with Crippen molar-refractivity contribution in [1.29, 1.82) is 0 Å². The van der Waals surface area contributed by atoms with Gasteiger partial charge in [-0.1, -0.05) is 23.7 Å². The van der Waals surface area contributed by atoms with E-state index in [2.05, 4.69) is 19.9 Å². The molecule has 0 unspecified atom stereocenters.